The Balaban J connectivity index is 1.71. The zero-order valence-electron chi connectivity index (χ0n) is 12.0. The fraction of sp³-hybridized carbons (Fsp3) is 0.625. The Morgan fingerprint density at radius 1 is 1.33 bits per heavy atom. The monoisotopic (exact) mass is 311 g/mol. The molecule has 1 aliphatic heterocycles. The minimum Gasteiger partial charge on any atom is -0.493 e. The molecule has 0 unspecified atom stereocenters. The van der Waals surface area contributed by atoms with Crippen molar-refractivity contribution in [1.29, 1.82) is 0 Å². The summed E-state index contributed by atoms with van der Waals surface area (Å²) in [5.41, 5.74) is 1.02. The number of likely N-dealkylation sites (tertiary alicyclic amines) is 1. The summed E-state index contributed by atoms with van der Waals surface area (Å²) in [5, 5.41) is 19.9. The van der Waals surface area contributed by atoms with Gasteiger partial charge < -0.3 is 14.9 Å². The van der Waals surface area contributed by atoms with E-state index in [-0.39, 0.29) is 18.8 Å². The lowest BCUT2D eigenvalue weighted by molar-refractivity contribution is 0.148. The largest absolute Gasteiger partial charge is 0.493 e. The molecule has 1 saturated heterocycles. The molecule has 2 N–H and O–H groups in total. The molecule has 1 heterocycles. The smallest absolute Gasteiger partial charge is 0.123 e. The zero-order chi connectivity index (χ0) is 14.8. The van der Waals surface area contributed by atoms with E-state index < -0.39 is 0 Å². The molecule has 0 aromatic heterocycles. The molecule has 1 aliphatic carbocycles. The van der Waals surface area contributed by atoms with Gasteiger partial charge in [-0.2, -0.15) is 0 Å². The molecule has 1 aromatic rings. The van der Waals surface area contributed by atoms with Crippen LogP contribution >= 0.6 is 11.6 Å². The van der Waals surface area contributed by atoms with Crippen molar-refractivity contribution in [3.8, 4) is 5.75 Å². The number of ether oxygens (including phenoxy) is 1. The van der Waals surface area contributed by atoms with E-state index in [1.54, 1.807) is 0 Å². The van der Waals surface area contributed by atoms with Crippen LogP contribution in [0, 0.1) is 5.92 Å². The van der Waals surface area contributed by atoms with E-state index in [4.69, 9.17) is 16.3 Å². The number of nitrogens with zero attached hydrogens (tertiary/aromatic N) is 1. The summed E-state index contributed by atoms with van der Waals surface area (Å²) in [7, 11) is 0. The first-order chi connectivity index (χ1) is 10.2. The van der Waals surface area contributed by atoms with Crippen LogP contribution in [0.15, 0.2) is 18.2 Å². The maximum atomic E-state index is 9.78. The Morgan fingerprint density at radius 3 is 2.86 bits per heavy atom. The second kappa shape index (κ2) is 6.53. The van der Waals surface area contributed by atoms with Gasteiger partial charge in [0.2, 0.25) is 0 Å². The highest BCUT2D eigenvalue weighted by Crippen LogP contribution is 2.32. The van der Waals surface area contributed by atoms with Gasteiger partial charge in [0.25, 0.3) is 0 Å². The summed E-state index contributed by atoms with van der Waals surface area (Å²) in [5.74, 6) is 1.57. The van der Waals surface area contributed by atoms with E-state index in [0.717, 1.165) is 17.9 Å². The third-order valence-electron chi connectivity index (χ3n) is 4.28. The third kappa shape index (κ3) is 3.89. The van der Waals surface area contributed by atoms with Gasteiger partial charge in [0.05, 0.1) is 19.3 Å². The molecule has 3 rings (SSSR count). The van der Waals surface area contributed by atoms with Crippen LogP contribution in [0.5, 0.6) is 5.75 Å². The number of rotatable bonds is 6. The molecule has 0 amide bonds. The van der Waals surface area contributed by atoms with Crippen molar-refractivity contribution in [1.82, 2.24) is 4.90 Å². The van der Waals surface area contributed by atoms with Crippen LogP contribution in [-0.4, -0.2) is 47.0 Å². The van der Waals surface area contributed by atoms with Crippen LogP contribution in [-0.2, 0) is 6.54 Å². The van der Waals surface area contributed by atoms with Gasteiger partial charge in [-0.05, 0) is 43.4 Å². The molecule has 4 nitrogen and oxygen atoms in total. The molecule has 0 bridgehead atoms. The van der Waals surface area contributed by atoms with E-state index in [1.165, 1.54) is 12.8 Å². The predicted molar refractivity (Wildman–Crippen MR) is 81.6 cm³/mol. The molecule has 1 aromatic carbocycles. The fourth-order valence-corrected chi connectivity index (χ4v) is 3.06. The highest BCUT2D eigenvalue weighted by Gasteiger charge is 2.31. The van der Waals surface area contributed by atoms with Gasteiger partial charge in [0.1, 0.15) is 5.75 Å². The van der Waals surface area contributed by atoms with Gasteiger partial charge in [-0.3, -0.25) is 4.90 Å². The number of aliphatic hydroxyl groups excluding tert-OH is 2. The van der Waals surface area contributed by atoms with Crippen molar-refractivity contribution in [2.45, 2.75) is 38.0 Å². The molecular weight excluding hydrogens is 290 g/mol. The van der Waals surface area contributed by atoms with Crippen molar-refractivity contribution in [2.75, 3.05) is 19.8 Å². The molecule has 5 heteroatoms. The van der Waals surface area contributed by atoms with Crippen LogP contribution < -0.4 is 4.74 Å². The normalized spacial score (nSPS) is 26.2. The van der Waals surface area contributed by atoms with E-state index in [9.17, 15) is 10.2 Å². The molecule has 1 saturated carbocycles. The Hall–Kier alpha value is -0.810. The van der Waals surface area contributed by atoms with Gasteiger partial charge in [-0.25, -0.2) is 0 Å². The van der Waals surface area contributed by atoms with Gasteiger partial charge in [-0.15, -0.1) is 0 Å². The molecule has 0 radical (unpaired) electrons. The number of hydrogen-bond acceptors (Lipinski definition) is 4. The molecular formula is C16H22ClNO3. The number of β-amino-alcohol motifs (C(OH)–C–C–N with tert-alkyl or cyclic N) is 1. The molecule has 2 fully saturated rings. The summed E-state index contributed by atoms with van der Waals surface area (Å²) >= 11 is 6.10. The van der Waals surface area contributed by atoms with Gasteiger partial charge >= 0.3 is 0 Å². The highest BCUT2D eigenvalue weighted by molar-refractivity contribution is 6.30. The van der Waals surface area contributed by atoms with Crippen LogP contribution in [0.2, 0.25) is 5.02 Å². The first kappa shape index (κ1) is 15.1. The van der Waals surface area contributed by atoms with Gasteiger partial charge in [0, 0.05) is 29.7 Å². The van der Waals surface area contributed by atoms with Gasteiger partial charge in [0.15, 0.2) is 0 Å². The molecule has 0 spiro atoms. The summed E-state index contributed by atoms with van der Waals surface area (Å²) < 4.78 is 5.91. The molecule has 2 aliphatic rings. The summed E-state index contributed by atoms with van der Waals surface area (Å²) in [6, 6.07) is 5.69. The second-order valence-corrected chi connectivity index (χ2v) is 6.60. The minimum atomic E-state index is -0.364. The number of halogens is 1. The first-order valence-corrected chi connectivity index (χ1v) is 7.97. The van der Waals surface area contributed by atoms with Crippen LogP contribution in [0.4, 0.5) is 0 Å². The van der Waals surface area contributed by atoms with E-state index in [1.807, 2.05) is 18.2 Å². The van der Waals surface area contributed by atoms with Crippen LogP contribution in [0.3, 0.4) is 0 Å². The van der Waals surface area contributed by atoms with Gasteiger partial charge in [-0.1, -0.05) is 11.6 Å². The Bertz CT molecular complexity index is 492. The molecule has 2 atom stereocenters. The average Bonchev–Trinajstić information content (AvgIpc) is 3.21. The Kier molecular flexibility index (Phi) is 4.69. The maximum Gasteiger partial charge on any atom is 0.123 e. The van der Waals surface area contributed by atoms with E-state index in [0.29, 0.717) is 30.5 Å². The lowest BCUT2D eigenvalue weighted by Gasteiger charge is -2.23. The van der Waals surface area contributed by atoms with Crippen molar-refractivity contribution in [2.24, 2.45) is 5.92 Å². The first-order valence-electron chi connectivity index (χ1n) is 7.60. The Labute approximate surface area is 130 Å². The number of benzene rings is 1. The predicted octanol–water partition coefficient (Wildman–Crippen LogP) is 2.06. The van der Waals surface area contributed by atoms with Crippen molar-refractivity contribution in [3.63, 3.8) is 0 Å². The fourth-order valence-electron chi connectivity index (χ4n) is 2.86. The van der Waals surface area contributed by atoms with Crippen LogP contribution in [0.1, 0.15) is 24.8 Å². The minimum absolute atomic E-state index is 0.00950. The van der Waals surface area contributed by atoms with E-state index >= 15 is 0 Å². The average molecular weight is 312 g/mol. The van der Waals surface area contributed by atoms with Crippen molar-refractivity contribution in [3.05, 3.63) is 28.8 Å². The summed E-state index contributed by atoms with van der Waals surface area (Å²) in [6.45, 7) is 2.05. The standard InChI is InChI=1S/C16H22ClNO3/c17-13-3-4-16(21-10-11-1-2-11)12(5-13)7-18-8-15(20)6-14(18)9-19/h3-5,11,14-15,19-20H,1-2,6-10H2/t14-,15+/m0/s1. The quantitative estimate of drug-likeness (QED) is 0.844. The van der Waals surface area contributed by atoms with Crippen LogP contribution in [0.25, 0.3) is 0 Å². The highest BCUT2D eigenvalue weighted by atomic mass is 35.5. The second-order valence-electron chi connectivity index (χ2n) is 6.16. The summed E-state index contributed by atoms with van der Waals surface area (Å²) in [4.78, 5) is 2.10. The number of aliphatic hydroxyl groups is 2. The lowest BCUT2D eigenvalue weighted by Crippen LogP contribution is -2.32. The zero-order valence-corrected chi connectivity index (χ0v) is 12.8. The SMILES string of the molecule is OC[C@@H]1C[C@@H](O)CN1Cc1cc(Cl)ccc1OCC1CC1. The maximum absolute atomic E-state index is 9.78. The van der Waals surface area contributed by atoms with Crippen molar-refractivity contribution < 1.29 is 14.9 Å². The Morgan fingerprint density at radius 2 is 2.14 bits per heavy atom. The third-order valence-corrected chi connectivity index (χ3v) is 4.52. The van der Waals surface area contributed by atoms with E-state index in [2.05, 4.69) is 4.90 Å². The molecule has 116 valence electrons. The van der Waals surface area contributed by atoms with Crippen molar-refractivity contribution >= 4 is 11.6 Å². The molecule has 21 heavy (non-hydrogen) atoms. The topological polar surface area (TPSA) is 52.9 Å². The lowest BCUT2D eigenvalue weighted by atomic mass is 10.1. The summed E-state index contributed by atoms with van der Waals surface area (Å²) in [6.07, 6.45) is 2.77. The number of hydrogen-bond donors (Lipinski definition) is 2.